The molecule has 0 fully saturated rings. The highest BCUT2D eigenvalue weighted by Crippen LogP contribution is 2.22. The molecule has 1 amide bonds. The molecule has 0 aliphatic rings. The van der Waals surface area contributed by atoms with Crippen molar-refractivity contribution < 1.29 is 14.3 Å². The van der Waals surface area contributed by atoms with E-state index in [0.29, 0.717) is 16.5 Å². The van der Waals surface area contributed by atoms with Crippen molar-refractivity contribution >= 4 is 29.3 Å². The summed E-state index contributed by atoms with van der Waals surface area (Å²) in [5.41, 5.74) is 11.3. The number of anilines is 1. The summed E-state index contributed by atoms with van der Waals surface area (Å²) >= 11 is 1.26. The molecular weight excluding hydrogens is 242 g/mol. The van der Waals surface area contributed by atoms with Crippen LogP contribution in [-0.2, 0) is 9.53 Å². The number of esters is 1. The number of nitrogens with zero attached hydrogens (tertiary/aromatic N) is 1. The van der Waals surface area contributed by atoms with Crippen molar-refractivity contribution in [1.82, 2.24) is 4.98 Å². The maximum atomic E-state index is 11.1. The van der Waals surface area contributed by atoms with Crippen molar-refractivity contribution in [3.05, 3.63) is 17.8 Å². The predicted molar refractivity (Wildman–Crippen MR) is 64.5 cm³/mol. The van der Waals surface area contributed by atoms with E-state index in [1.54, 1.807) is 0 Å². The Morgan fingerprint density at radius 2 is 2.24 bits per heavy atom. The van der Waals surface area contributed by atoms with E-state index in [9.17, 15) is 9.59 Å². The summed E-state index contributed by atoms with van der Waals surface area (Å²) in [4.78, 5) is 26.1. The second-order valence-corrected chi connectivity index (χ2v) is 4.24. The van der Waals surface area contributed by atoms with Crippen LogP contribution < -0.4 is 11.5 Å². The van der Waals surface area contributed by atoms with Crippen molar-refractivity contribution in [1.29, 1.82) is 0 Å². The first-order chi connectivity index (χ1) is 8.04. The lowest BCUT2D eigenvalue weighted by Crippen LogP contribution is -2.14. The van der Waals surface area contributed by atoms with Gasteiger partial charge in [-0.2, -0.15) is 0 Å². The molecule has 0 bridgehead atoms. The van der Waals surface area contributed by atoms with Crippen LogP contribution in [-0.4, -0.2) is 29.7 Å². The summed E-state index contributed by atoms with van der Waals surface area (Å²) in [5.74, 6) is -0.442. The van der Waals surface area contributed by atoms with Gasteiger partial charge in [0.2, 0.25) is 0 Å². The minimum absolute atomic E-state index is 0.241. The Balaban J connectivity index is 2.70. The number of pyridine rings is 1. The molecule has 0 atom stereocenters. The second kappa shape index (κ2) is 6.09. The van der Waals surface area contributed by atoms with E-state index in [1.807, 2.05) is 0 Å². The van der Waals surface area contributed by atoms with Crippen LogP contribution in [0.15, 0.2) is 17.3 Å². The van der Waals surface area contributed by atoms with E-state index in [1.165, 1.54) is 31.1 Å². The molecule has 0 radical (unpaired) electrons. The molecule has 7 heteroatoms. The largest absolute Gasteiger partial charge is 0.469 e. The van der Waals surface area contributed by atoms with Gasteiger partial charge in [0.1, 0.15) is 5.03 Å². The Morgan fingerprint density at radius 1 is 1.53 bits per heavy atom. The minimum atomic E-state index is -0.592. The third kappa shape index (κ3) is 3.95. The Morgan fingerprint density at radius 3 is 2.82 bits per heavy atom. The molecule has 0 aliphatic heterocycles. The fourth-order valence-electron chi connectivity index (χ4n) is 1.09. The van der Waals surface area contributed by atoms with E-state index in [2.05, 4.69) is 9.72 Å². The van der Waals surface area contributed by atoms with Gasteiger partial charge in [0.05, 0.1) is 31.0 Å². The van der Waals surface area contributed by atoms with Crippen molar-refractivity contribution in [2.24, 2.45) is 5.73 Å². The molecule has 1 rings (SSSR count). The number of carbonyl (C=O) groups is 2. The number of aromatic nitrogens is 1. The van der Waals surface area contributed by atoms with Crippen LogP contribution in [0.2, 0.25) is 0 Å². The van der Waals surface area contributed by atoms with Gasteiger partial charge >= 0.3 is 5.97 Å². The Labute approximate surface area is 103 Å². The number of nitrogens with two attached hydrogens (primary N) is 2. The molecule has 0 saturated heterocycles. The van der Waals surface area contributed by atoms with Crippen LogP contribution in [0.1, 0.15) is 16.8 Å². The smallest absolute Gasteiger partial charge is 0.306 e. The molecule has 0 aliphatic carbocycles. The number of thioether (sulfide) groups is 1. The van der Waals surface area contributed by atoms with Gasteiger partial charge in [0, 0.05) is 5.75 Å². The van der Waals surface area contributed by atoms with Crippen molar-refractivity contribution in [2.45, 2.75) is 11.4 Å². The van der Waals surface area contributed by atoms with Crippen LogP contribution in [0.5, 0.6) is 0 Å². The third-order valence-electron chi connectivity index (χ3n) is 1.91. The molecule has 1 heterocycles. The predicted octanol–water partition coefficient (Wildman–Crippen LogP) is 0.418. The first kappa shape index (κ1) is 13.3. The molecule has 0 aromatic carbocycles. The van der Waals surface area contributed by atoms with E-state index in [0.717, 1.165) is 0 Å². The summed E-state index contributed by atoms with van der Waals surface area (Å²) in [6, 6.07) is 1.47. The highest BCUT2D eigenvalue weighted by molar-refractivity contribution is 7.99. The number of primary amides is 1. The summed E-state index contributed by atoms with van der Waals surface area (Å²) in [7, 11) is 1.32. The zero-order chi connectivity index (χ0) is 12.8. The van der Waals surface area contributed by atoms with Crippen molar-refractivity contribution in [2.75, 3.05) is 18.6 Å². The van der Waals surface area contributed by atoms with Gasteiger partial charge in [-0.1, -0.05) is 0 Å². The number of carbonyl (C=O) groups excluding carboxylic acids is 2. The number of nitrogen functional groups attached to an aromatic ring is 1. The molecule has 92 valence electrons. The van der Waals surface area contributed by atoms with Gasteiger partial charge in [0.15, 0.2) is 0 Å². The average molecular weight is 255 g/mol. The van der Waals surface area contributed by atoms with Gasteiger partial charge < -0.3 is 16.2 Å². The number of ether oxygens (including phenoxy) is 1. The fourth-order valence-corrected chi connectivity index (χ4v) is 2.00. The normalized spacial score (nSPS) is 9.94. The highest BCUT2D eigenvalue weighted by Gasteiger charge is 2.11. The van der Waals surface area contributed by atoms with Crippen LogP contribution in [0.3, 0.4) is 0 Å². The first-order valence-corrected chi connectivity index (χ1v) is 5.78. The zero-order valence-electron chi connectivity index (χ0n) is 9.30. The third-order valence-corrected chi connectivity index (χ3v) is 2.92. The molecule has 4 N–H and O–H groups in total. The SMILES string of the molecule is COC(=O)CCSc1ncc(N)cc1C(N)=O. The number of methoxy groups -OCH3 is 1. The zero-order valence-corrected chi connectivity index (χ0v) is 10.1. The van der Waals surface area contributed by atoms with Gasteiger partial charge in [0.25, 0.3) is 5.91 Å². The average Bonchev–Trinajstić information content (AvgIpc) is 2.30. The Hall–Kier alpha value is -1.76. The number of hydrogen-bond donors (Lipinski definition) is 2. The number of amides is 1. The van der Waals surface area contributed by atoms with Gasteiger partial charge in [-0.15, -0.1) is 11.8 Å². The minimum Gasteiger partial charge on any atom is -0.469 e. The van der Waals surface area contributed by atoms with Gasteiger partial charge in [-0.25, -0.2) is 4.98 Å². The topological polar surface area (TPSA) is 108 Å². The van der Waals surface area contributed by atoms with Gasteiger partial charge in [-0.3, -0.25) is 9.59 Å². The van der Waals surface area contributed by atoms with E-state index in [4.69, 9.17) is 11.5 Å². The quantitative estimate of drug-likeness (QED) is 0.583. The number of rotatable bonds is 5. The van der Waals surface area contributed by atoms with Crippen LogP contribution >= 0.6 is 11.8 Å². The highest BCUT2D eigenvalue weighted by atomic mass is 32.2. The maximum absolute atomic E-state index is 11.1. The summed E-state index contributed by atoms with van der Waals surface area (Å²) < 4.78 is 4.50. The van der Waals surface area contributed by atoms with Crippen LogP contribution in [0, 0.1) is 0 Å². The van der Waals surface area contributed by atoms with Crippen molar-refractivity contribution in [3.63, 3.8) is 0 Å². The standard InChI is InChI=1S/C10H13N3O3S/c1-16-8(14)2-3-17-10-7(9(12)15)4-6(11)5-13-10/h4-5H,2-3,11H2,1H3,(H2,12,15). The van der Waals surface area contributed by atoms with Crippen LogP contribution in [0.4, 0.5) is 5.69 Å². The molecule has 17 heavy (non-hydrogen) atoms. The summed E-state index contributed by atoms with van der Waals surface area (Å²) in [6.45, 7) is 0. The lowest BCUT2D eigenvalue weighted by molar-refractivity contribution is -0.140. The maximum Gasteiger partial charge on any atom is 0.306 e. The molecule has 1 aromatic rings. The lowest BCUT2D eigenvalue weighted by Gasteiger charge is -2.05. The van der Waals surface area contributed by atoms with E-state index >= 15 is 0 Å². The first-order valence-electron chi connectivity index (χ1n) is 4.79. The lowest BCUT2D eigenvalue weighted by atomic mass is 10.2. The summed E-state index contributed by atoms with van der Waals surface area (Å²) in [5, 5.41) is 0.468. The molecule has 0 saturated carbocycles. The van der Waals surface area contributed by atoms with E-state index < -0.39 is 5.91 Å². The van der Waals surface area contributed by atoms with Gasteiger partial charge in [-0.05, 0) is 6.07 Å². The fraction of sp³-hybridized carbons (Fsp3) is 0.300. The van der Waals surface area contributed by atoms with Crippen LogP contribution in [0.25, 0.3) is 0 Å². The molecule has 6 nitrogen and oxygen atoms in total. The summed E-state index contributed by atoms with van der Waals surface area (Å²) in [6.07, 6.45) is 1.68. The second-order valence-electron chi connectivity index (χ2n) is 3.16. The van der Waals surface area contributed by atoms with Crippen molar-refractivity contribution in [3.8, 4) is 0 Å². The molecular formula is C10H13N3O3S. The molecule has 1 aromatic heterocycles. The Bertz CT molecular complexity index is 437. The molecule has 0 unspecified atom stereocenters. The van der Waals surface area contributed by atoms with E-state index in [-0.39, 0.29) is 18.0 Å². The number of hydrogen-bond acceptors (Lipinski definition) is 6. The monoisotopic (exact) mass is 255 g/mol. The molecule has 0 spiro atoms. The Kier molecular flexibility index (Phi) is 4.77.